The smallest absolute Gasteiger partial charge is 0.340 e. The van der Waals surface area contributed by atoms with Gasteiger partial charge in [-0.2, -0.15) is 13.2 Å². The maximum absolute atomic E-state index is 15.0. The van der Waals surface area contributed by atoms with Gasteiger partial charge in [0.15, 0.2) is 5.82 Å². The standard InChI is InChI=1S/C21H14F4N4/c1-12-18(16-9-4-13-3-2-10-26-19(13)17(16)22)27-11-28-20(12)29-15-7-5-14(6-8-15)21(23,24)25/h2-11H,1H3,(H,27,28,29). The lowest BCUT2D eigenvalue weighted by Gasteiger charge is -2.13. The van der Waals surface area contributed by atoms with Crippen molar-refractivity contribution in [3.05, 3.63) is 78.0 Å². The molecule has 0 saturated carbocycles. The van der Waals surface area contributed by atoms with Crippen LogP contribution in [0.3, 0.4) is 0 Å². The zero-order chi connectivity index (χ0) is 20.6. The van der Waals surface area contributed by atoms with Crippen molar-refractivity contribution in [1.29, 1.82) is 0 Å². The van der Waals surface area contributed by atoms with Crippen LogP contribution in [0.25, 0.3) is 22.2 Å². The molecule has 0 atom stereocenters. The molecule has 0 aliphatic rings. The highest BCUT2D eigenvalue weighted by Gasteiger charge is 2.30. The summed E-state index contributed by atoms with van der Waals surface area (Å²) in [6, 6.07) is 11.4. The Labute approximate surface area is 163 Å². The van der Waals surface area contributed by atoms with Crippen molar-refractivity contribution in [2.45, 2.75) is 13.1 Å². The van der Waals surface area contributed by atoms with Crippen LogP contribution in [0.15, 0.2) is 61.1 Å². The van der Waals surface area contributed by atoms with Crippen molar-refractivity contribution in [1.82, 2.24) is 15.0 Å². The number of fused-ring (bicyclic) bond motifs is 1. The summed E-state index contributed by atoms with van der Waals surface area (Å²) >= 11 is 0. The Hall–Kier alpha value is -3.55. The zero-order valence-electron chi connectivity index (χ0n) is 15.1. The van der Waals surface area contributed by atoms with Crippen LogP contribution < -0.4 is 5.32 Å². The average molecular weight is 398 g/mol. The van der Waals surface area contributed by atoms with E-state index in [1.165, 1.54) is 24.7 Å². The number of nitrogens with one attached hydrogen (secondary N) is 1. The second-order valence-corrected chi connectivity index (χ2v) is 6.40. The maximum Gasteiger partial charge on any atom is 0.416 e. The third-order valence-electron chi connectivity index (χ3n) is 4.53. The quantitative estimate of drug-likeness (QED) is 0.437. The van der Waals surface area contributed by atoms with E-state index in [1.54, 1.807) is 31.2 Å². The van der Waals surface area contributed by atoms with Gasteiger partial charge >= 0.3 is 6.18 Å². The monoisotopic (exact) mass is 398 g/mol. The number of rotatable bonds is 3. The highest BCUT2D eigenvalue weighted by Crippen LogP contribution is 2.33. The van der Waals surface area contributed by atoms with E-state index >= 15 is 0 Å². The summed E-state index contributed by atoms with van der Waals surface area (Å²) in [5.74, 6) is -0.124. The minimum atomic E-state index is -4.40. The van der Waals surface area contributed by atoms with Crippen molar-refractivity contribution in [2.75, 3.05) is 5.32 Å². The topological polar surface area (TPSA) is 50.7 Å². The lowest BCUT2D eigenvalue weighted by Crippen LogP contribution is -2.05. The molecule has 0 radical (unpaired) electrons. The second kappa shape index (κ2) is 7.12. The summed E-state index contributed by atoms with van der Waals surface area (Å²) in [6.07, 6.45) is -1.62. The van der Waals surface area contributed by atoms with Crippen LogP contribution in [0.4, 0.5) is 29.1 Å². The number of pyridine rings is 1. The van der Waals surface area contributed by atoms with Gasteiger partial charge in [0.25, 0.3) is 0 Å². The molecule has 29 heavy (non-hydrogen) atoms. The molecule has 0 fully saturated rings. The molecule has 2 aromatic heterocycles. The Morgan fingerprint density at radius 3 is 2.38 bits per heavy atom. The molecule has 2 heterocycles. The summed E-state index contributed by atoms with van der Waals surface area (Å²) in [5.41, 5.74) is 1.12. The number of benzene rings is 2. The molecule has 0 bridgehead atoms. The molecule has 8 heteroatoms. The largest absolute Gasteiger partial charge is 0.416 e. The molecular formula is C21H14F4N4. The molecule has 0 unspecified atom stereocenters. The number of hydrogen-bond donors (Lipinski definition) is 1. The number of nitrogens with zero attached hydrogens (tertiary/aromatic N) is 3. The van der Waals surface area contributed by atoms with E-state index in [0.717, 1.165) is 12.1 Å². The molecule has 4 nitrogen and oxygen atoms in total. The van der Waals surface area contributed by atoms with E-state index in [0.29, 0.717) is 28.1 Å². The van der Waals surface area contributed by atoms with Gasteiger partial charge in [-0.25, -0.2) is 14.4 Å². The molecule has 0 aliphatic heterocycles. The highest BCUT2D eigenvalue weighted by molar-refractivity contribution is 5.85. The molecule has 0 spiro atoms. The molecule has 4 rings (SSSR count). The molecule has 0 amide bonds. The molecule has 1 N–H and O–H groups in total. The third kappa shape index (κ3) is 3.61. The molecule has 4 aromatic rings. The number of alkyl halides is 3. The van der Waals surface area contributed by atoms with Crippen LogP contribution in [0, 0.1) is 12.7 Å². The first-order valence-electron chi connectivity index (χ1n) is 8.64. The van der Waals surface area contributed by atoms with Crippen LogP contribution in [0.2, 0.25) is 0 Å². The molecule has 146 valence electrons. The molecular weight excluding hydrogens is 384 g/mol. The fourth-order valence-corrected chi connectivity index (χ4v) is 3.02. The van der Waals surface area contributed by atoms with Crippen LogP contribution >= 0.6 is 0 Å². The zero-order valence-corrected chi connectivity index (χ0v) is 15.1. The van der Waals surface area contributed by atoms with E-state index in [-0.39, 0.29) is 11.1 Å². The fourth-order valence-electron chi connectivity index (χ4n) is 3.02. The second-order valence-electron chi connectivity index (χ2n) is 6.40. The van der Waals surface area contributed by atoms with Crippen molar-refractivity contribution >= 4 is 22.4 Å². The van der Waals surface area contributed by atoms with E-state index in [2.05, 4.69) is 20.3 Å². The number of hydrogen-bond acceptors (Lipinski definition) is 4. The Morgan fingerprint density at radius 2 is 1.66 bits per heavy atom. The third-order valence-corrected chi connectivity index (χ3v) is 4.53. The van der Waals surface area contributed by atoms with Gasteiger partial charge in [-0.1, -0.05) is 12.1 Å². The lowest BCUT2D eigenvalue weighted by atomic mass is 10.0. The molecule has 2 aromatic carbocycles. The van der Waals surface area contributed by atoms with Gasteiger partial charge in [0, 0.05) is 28.4 Å². The van der Waals surface area contributed by atoms with Crippen LogP contribution in [0.1, 0.15) is 11.1 Å². The summed E-state index contributed by atoms with van der Waals surface area (Å²) in [5, 5.41) is 3.63. The minimum absolute atomic E-state index is 0.236. The predicted molar refractivity (Wildman–Crippen MR) is 102 cm³/mol. The van der Waals surface area contributed by atoms with Crippen LogP contribution in [-0.2, 0) is 6.18 Å². The summed E-state index contributed by atoms with van der Waals surface area (Å²) in [4.78, 5) is 12.4. The van der Waals surface area contributed by atoms with Crippen molar-refractivity contribution < 1.29 is 17.6 Å². The first-order chi connectivity index (χ1) is 13.8. The highest BCUT2D eigenvalue weighted by atomic mass is 19.4. The van der Waals surface area contributed by atoms with Crippen LogP contribution in [0.5, 0.6) is 0 Å². The average Bonchev–Trinajstić information content (AvgIpc) is 2.70. The van der Waals surface area contributed by atoms with Crippen molar-refractivity contribution in [2.24, 2.45) is 0 Å². The lowest BCUT2D eigenvalue weighted by molar-refractivity contribution is -0.137. The van der Waals surface area contributed by atoms with Crippen LogP contribution in [-0.4, -0.2) is 15.0 Å². The van der Waals surface area contributed by atoms with E-state index in [9.17, 15) is 17.6 Å². The summed E-state index contributed by atoms with van der Waals surface area (Å²) in [6.45, 7) is 1.71. The number of halogens is 4. The van der Waals surface area contributed by atoms with Gasteiger partial charge in [-0.15, -0.1) is 0 Å². The Morgan fingerprint density at radius 1 is 0.897 bits per heavy atom. The first-order valence-corrected chi connectivity index (χ1v) is 8.64. The fraction of sp³-hybridized carbons (Fsp3) is 0.0952. The first kappa shape index (κ1) is 18.8. The van der Waals surface area contributed by atoms with E-state index in [4.69, 9.17) is 0 Å². The van der Waals surface area contributed by atoms with Gasteiger partial charge in [0.2, 0.25) is 0 Å². The Balaban J connectivity index is 1.71. The molecule has 0 saturated heterocycles. The SMILES string of the molecule is Cc1c(Nc2ccc(C(F)(F)F)cc2)ncnc1-c1ccc2cccnc2c1F. The van der Waals surface area contributed by atoms with Crippen molar-refractivity contribution in [3.63, 3.8) is 0 Å². The minimum Gasteiger partial charge on any atom is -0.340 e. The van der Waals surface area contributed by atoms with E-state index in [1.807, 2.05) is 0 Å². The van der Waals surface area contributed by atoms with Gasteiger partial charge in [-0.05, 0) is 43.3 Å². The number of anilines is 2. The number of aromatic nitrogens is 3. The Bertz CT molecular complexity index is 1190. The summed E-state index contributed by atoms with van der Waals surface area (Å²) < 4.78 is 53.2. The Kier molecular flexibility index (Phi) is 4.62. The van der Waals surface area contributed by atoms with Gasteiger partial charge < -0.3 is 5.32 Å². The summed E-state index contributed by atoms with van der Waals surface area (Å²) in [7, 11) is 0. The van der Waals surface area contributed by atoms with Gasteiger partial charge in [0.05, 0.1) is 11.3 Å². The normalized spacial score (nSPS) is 11.6. The van der Waals surface area contributed by atoms with Gasteiger partial charge in [0.1, 0.15) is 17.7 Å². The predicted octanol–water partition coefficient (Wildman–Crippen LogP) is 5.90. The van der Waals surface area contributed by atoms with Gasteiger partial charge in [-0.3, -0.25) is 4.98 Å². The maximum atomic E-state index is 15.0. The van der Waals surface area contributed by atoms with Crippen molar-refractivity contribution in [3.8, 4) is 11.3 Å². The van der Waals surface area contributed by atoms with E-state index < -0.39 is 17.6 Å². The molecule has 0 aliphatic carbocycles.